The van der Waals surface area contributed by atoms with Crippen molar-refractivity contribution in [3.05, 3.63) is 204 Å². The van der Waals surface area contributed by atoms with Crippen molar-refractivity contribution in [3.63, 3.8) is 0 Å². The molecule has 1 nitrogen and oxygen atoms in total. The first-order chi connectivity index (χ1) is 25.8. The zero-order valence-electron chi connectivity index (χ0n) is 28.2. The average molecular weight is 698 g/mol. The minimum atomic E-state index is -0.391. The van der Waals surface area contributed by atoms with Crippen molar-refractivity contribution in [1.82, 2.24) is 0 Å². The molecule has 2 unspecified atom stereocenters. The van der Waals surface area contributed by atoms with E-state index in [4.69, 9.17) is 0 Å². The van der Waals surface area contributed by atoms with E-state index in [0.717, 1.165) is 0 Å². The van der Waals surface area contributed by atoms with Crippen LogP contribution >= 0.6 is 23.1 Å². The van der Waals surface area contributed by atoms with Gasteiger partial charge in [-0.3, -0.25) is 0 Å². The number of fused-ring (bicyclic) bond motifs is 16. The number of benzene rings is 7. The molecule has 8 aromatic rings. The van der Waals surface area contributed by atoms with E-state index in [2.05, 4.69) is 181 Å². The molecule has 0 bridgehead atoms. The van der Waals surface area contributed by atoms with E-state index in [0.29, 0.717) is 11.2 Å². The molecule has 12 rings (SSSR count). The van der Waals surface area contributed by atoms with E-state index in [-0.39, 0.29) is 0 Å². The normalized spacial score (nSPS) is 17.9. The summed E-state index contributed by atoms with van der Waals surface area (Å²) in [4.78, 5) is 3.88. The molecule has 2 heterocycles. The first kappa shape index (κ1) is 29.0. The van der Waals surface area contributed by atoms with Crippen molar-refractivity contribution >= 4 is 60.3 Å². The summed E-state index contributed by atoms with van der Waals surface area (Å²) >= 11 is 3.88. The molecule has 0 N–H and O–H groups in total. The summed E-state index contributed by atoms with van der Waals surface area (Å²) in [7, 11) is 0. The minimum absolute atomic E-state index is 0.391. The topological polar surface area (TPSA) is 3.24 Å². The molecule has 1 aromatic heterocycles. The maximum Gasteiger partial charge on any atom is 0.0726 e. The summed E-state index contributed by atoms with van der Waals surface area (Å²) in [5, 5.41) is 3.10. The van der Waals surface area contributed by atoms with Crippen molar-refractivity contribution in [2.24, 2.45) is 0 Å². The molecule has 0 radical (unpaired) electrons. The number of allylic oxidation sites excluding steroid dienone is 3. The van der Waals surface area contributed by atoms with E-state index in [1.165, 1.54) is 92.2 Å². The van der Waals surface area contributed by atoms with Crippen LogP contribution in [0.2, 0.25) is 0 Å². The summed E-state index contributed by atoms with van der Waals surface area (Å²) < 4.78 is 2.64. The van der Waals surface area contributed by atoms with Crippen molar-refractivity contribution in [2.75, 3.05) is 4.90 Å². The molecular formula is C49H31NS2. The van der Waals surface area contributed by atoms with Gasteiger partial charge in [0, 0.05) is 53.3 Å². The highest BCUT2D eigenvalue weighted by Crippen LogP contribution is 2.63. The van der Waals surface area contributed by atoms with E-state index >= 15 is 0 Å². The summed E-state index contributed by atoms with van der Waals surface area (Å²) in [6, 6.07) is 57.5. The van der Waals surface area contributed by atoms with Gasteiger partial charge in [0.2, 0.25) is 0 Å². The number of hydrogen-bond donors (Lipinski definition) is 0. The Morgan fingerprint density at radius 1 is 0.462 bits per heavy atom. The largest absolute Gasteiger partial charge is 0.310 e. The maximum absolute atomic E-state index is 2.51. The van der Waals surface area contributed by atoms with E-state index < -0.39 is 5.41 Å². The third-order valence-electron chi connectivity index (χ3n) is 11.8. The summed E-state index contributed by atoms with van der Waals surface area (Å²) in [6.07, 6.45) is 9.13. The lowest BCUT2D eigenvalue weighted by atomic mass is 9.70. The van der Waals surface area contributed by atoms with Crippen LogP contribution in [0.25, 0.3) is 42.4 Å². The fourth-order valence-electron chi connectivity index (χ4n) is 9.69. The van der Waals surface area contributed by atoms with E-state index in [9.17, 15) is 0 Å². The van der Waals surface area contributed by atoms with Gasteiger partial charge in [-0.1, -0.05) is 133 Å². The Balaban J connectivity index is 1.11. The monoisotopic (exact) mass is 697 g/mol. The first-order valence-corrected chi connectivity index (χ1v) is 19.8. The quantitative estimate of drug-likeness (QED) is 0.181. The van der Waals surface area contributed by atoms with E-state index in [1.807, 2.05) is 23.1 Å². The second-order valence-electron chi connectivity index (χ2n) is 14.3. The minimum Gasteiger partial charge on any atom is -0.310 e. The Hall–Kier alpha value is -5.61. The van der Waals surface area contributed by atoms with Crippen molar-refractivity contribution in [2.45, 2.75) is 21.5 Å². The number of anilines is 3. The molecule has 244 valence electrons. The summed E-state index contributed by atoms with van der Waals surface area (Å²) in [6.45, 7) is 0. The molecule has 1 spiro atoms. The first-order valence-electron chi connectivity index (χ1n) is 18.1. The zero-order valence-corrected chi connectivity index (χ0v) is 29.8. The highest BCUT2D eigenvalue weighted by Gasteiger charge is 2.51. The van der Waals surface area contributed by atoms with Crippen molar-refractivity contribution < 1.29 is 0 Å². The summed E-state index contributed by atoms with van der Waals surface area (Å²) in [5.74, 6) is 0.434. The number of hydrogen-bond acceptors (Lipinski definition) is 3. The van der Waals surface area contributed by atoms with Crippen LogP contribution in [0.5, 0.6) is 0 Å². The van der Waals surface area contributed by atoms with Crippen LogP contribution in [0.15, 0.2) is 181 Å². The van der Waals surface area contributed by atoms with Crippen LogP contribution in [0.4, 0.5) is 17.1 Å². The van der Waals surface area contributed by atoms with Gasteiger partial charge in [0.1, 0.15) is 0 Å². The van der Waals surface area contributed by atoms with Crippen LogP contribution in [-0.4, -0.2) is 5.25 Å². The van der Waals surface area contributed by atoms with Gasteiger partial charge in [0.05, 0.1) is 5.41 Å². The van der Waals surface area contributed by atoms with E-state index in [1.54, 1.807) is 0 Å². The van der Waals surface area contributed by atoms with Gasteiger partial charge in [-0.05, 0) is 92.5 Å². The molecule has 3 heteroatoms. The van der Waals surface area contributed by atoms with Gasteiger partial charge in [0.25, 0.3) is 0 Å². The molecule has 7 aromatic carbocycles. The van der Waals surface area contributed by atoms with Gasteiger partial charge in [-0.25, -0.2) is 0 Å². The lowest BCUT2D eigenvalue weighted by molar-refractivity contribution is 0.793. The van der Waals surface area contributed by atoms with Gasteiger partial charge >= 0.3 is 0 Å². The molecule has 0 amide bonds. The van der Waals surface area contributed by atoms with Gasteiger partial charge in [0.15, 0.2) is 0 Å². The Labute approximate surface area is 311 Å². The van der Waals surface area contributed by atoms with Crippen molar-refractivity contribution in [1.29, 1.82) is 0 Å². The molecule has 0 fully saturated rings. The van der Waals surface area contributed by atoms with Crippen LogP contribution in [0.1, 0.15) is 33.7 Å². The second-order valence-corrected chi connectivity index (χ2v) is 16.6. The molecule has 2 atom stereocenters. The second kappa shape index (κ2) is 10.7. The summed E-state index contributed by atoms with van der Waals surface area (Å²) in [5.41, 5.74) is 15.4. The van der Waals surface area contributed by atoms with Crippen LogP contribution in [0.3, 0.4) is 0 Å². The molecule has 1 aliphatic heterocycles. The predicted octanol–water partition coefficient (Wildman–Crippen LogP) is 13.6. The maximum atomic E-state index is 2.51. The molecule has 4 aliphatic rings. The van der Waals surface area contributed by atoms with Crippen molar-refractivity contribution in [3.8, 4) is 22.3 Å². The SMILES string of the molecule is C1=CC2Sc3cc(N(c4ccc5c(c4)C4(c6ccccc6-c6ccccc64)c4ccccc4-5)c4ccc5c(c4)sc4ccccc45)ccc3C2C=C1. The Kier molecular flexibility index (Phi) is 5.98. The highest BCUT2D eigenvalue weighted by molar-refractivity contribution is 8.00. The highest BCUT2D eigenvalue weighted by atomic mass is 32.2. The number of thioether (sulfide) groups is 1. The van der Waals surface area contributed by atoms with Gasteiger partial charge in [-0.2, -0.15) is 0 Å². The molecule has 0 saturated heterocycles. The fraction of sp³-hybridized carbons (Fsp3) is 0.0612. The smallest absolute Gasteiger partial charge is 0.0726 e. The molecule has 3 aliphatic carbocycles. The Morgan fingerprint density at radius 3 is 1.81 bits per heavy atom. The zero-order chi connectivity index (χ0) is 34.0. The number of rotatable bonds is 3. The predicted molar refractivity (Wildman–Crippen MR) is 221 cm³/mol. The van der Waals surface area contributed by atoms with Gasteiger partial charge in [-0.15, -0.1) is 23.1 Å². The average Bonchev–Trinajstić information content (AvgIpc) is 3.92. The van der Waals surface area contributed by atoms with Crippen LogP contribution < -0.4 is 4.90 Å². The standard InChI is InChI=1S/C49H31NS2/c1-6-16-41-33(11-1)34-12-2-7-17-42(34)49(41)43-18-8-3-13-35(43)36-24-21-30(27-44(36)49)50(31-22-25-39-37-14-4-9-19-45(37)51-47(39)28-31)32-23-26-40-38-15-5-10-20-46(38)52-48(40)29-32/h1-29,37,45H. The fourth-order valence-corrected chi connectivity index (χ4v) is 12.2. The Morgan fingerprint density at radius 2 is 1.04 bits per heavy atom. The van der Waals surface area contributed by atoms with Gasteiger partial charge < -0.3 is 4.90 Å². The number of thiophene rings is 1. The lowest BCUT2D eigenvalue weighted by Crippen LogP contribution is -2.26. The Bertz CT molecular complexity index is 2810. The third kappa shape index (κ3) is 3.80. The molecule has 0 saturated carbocycles. The molecule has 52 heavy (non-hydrogen) atoms. The number of nitrogens with zero attached hydrogens (tertiary/aromatic N) is 1. The molecular weight excluding hydrogens is 667 g/mol. The van der Waals surface area contributed by atoms with Crippen LogP contribution in [-0.2, 0) is 5.41 Å². The third-order valence-corrected chi connectivity index (χ3v) is 14.3. The lowest BCUT2D eigenvalue weighted by Gasteiger charge is -2.32. The van der Waals surface area contributed by atoms with Crippen LogP contribution in [0, 0.1) is 0 Å².